The maximum absolute atomic E-state index is 12.6. The minimum Gasteiger partial charge on any atom is -0.454 e. The molecule has 1 aliphatic heterocycles. The highest BCUT2D eigenvalue weighted by molar-refractivity contribution is 6.04. The number of likely N-dealkylation sites (N-methyl/N-ethyl adjacent to an activating group) is 1. The van der Waals surface area contributed by atoms with Crippen LogP contribution in [-0.2, 0) is 0 Å². The number of amides is 1. The van der Waals surface area contributed by atoms with Crippen LogP contribution in [-0.4, -0.2) is 41.5 Å². The van der Waals surface area contributed by atoms with Crippen molar-refractivity contribution < 1.29 is 19.1 Å². The first kappa shape index (κ1) is 15.0. The van der Waals surface area contributed by atoms with Crippen LogP contribution in [0.2, 0.25) is 0 Å². The Labute approximate surface area is 133 Å². The van der Waals surface area contributed by atoms with Crippen molar-refractivity contribution in [3.8, 4) is 11.5 Å². The predicted molar refractivity (Wildman–Crippen MR) is 82.7 cm³/mol. The Morgan fingerprint density at radius 3 is 2.70 bits per heavy atom. The standard InChI is InChI=1S/C17H16N2O4/c1-11(19(2)17(21)13-4-3-7-18-9-13)16(20)12-5-6-14-15(8-12)23-10-22-14/h3-9,11H,10H2,1-2H3/t11-/m1/s1. The van der Waals surface area contributed by atoms with Crippen LogP contribution >= 0.6 is 0 Å². The van der Waals surface area contributed by atoms with E-state index in [0.29, 0.717) is 22.6 Å². The molecule has 1 atom stereocenters. The minimum atomic E-state index is -0.608. The molecule has 2 aromatic rings. The largest absolute Gasteiger partial charge is 0.454 e. The normalized spacial score (nSPS) is 13.5. The topological polar surface area (TPSA) is 68.7 Å². The number of hydrogen-bond acceptors (Lipinski definition) is 5. The number of ether oxygens (including phenoxy) is 2. The third-order valence-corrected chi connectivity index (χ3v) is 3.85. The van der Waals surface area contributed by atoms with Gasteiger partial charge in [0, 0.05) is 25.0 Å². The number of rotatable bonds is 4. The van der Waals surface area contributed by atoms with E-state index in [-0.39, 0.29) is 18.5 Å². The molecule has 3 rings (SSSR count). The average Bonchev–Trinajstić information content (AvgIpc) is 3.07. The van der Waals surface area contributed by atoms with E-state index in [1.807, 2.05) is 0 Å². The summed E-state index contributed by atoms with van der Waals surface area (Å²) in [7, 11) is 1.60. The summed E-state index contributed by atoms with van der Waals surface area (Å²) < 4.78 is 10.5. The Hall–Kier alpha value is -2.89. The molecular formula is C17H16N2O4. The van der Waals surface area contributed by atoms with Crippen molar-refractivity contribution in [2.24, 2.45) is 0 Å². The molecule has 6 heteroatoms. The number of carbonyl (C=O) groups excluding carboxylic acids is 2. The Balaban J connectivity index is 1.78. The first-order chi connectivity index (χ1) is 11.1. The van der Waals surface area contributed by atoms with Gasteiger partial charge in [-0.15, -0.1) is 0 Å². The van der Waals surface area contributed by atoms with Crippen LogP contribution in [0.25, 0.3) is 0 Å². The van der Waals surface area contributed by atoms with E-state index >= 15 is 0 Å². The van der Waals surface area contributed by atoms with E-state index in [2.05, 4.69) is 4.98 Å². The molecule has 1 amide bonds. The number of pyridine rings is 1. The van der Waals surface area contributed by atoms with Crippen LogP contribution in [0.1, 0.15) is 27.6 Å². The van der Waals surface area contributed by atoms with Gasteiger partial charge in [-0.05, 0) is 37.3 Å². The van der Waals surface area contributed by atoms with Crippen molar-refractivity contribution in [2.75, 3.05) is 13.8 Å². The fourth-order valence-electron chi connectivity index (χ4n) is 2.34. The molecule has 0 unspecified atom stereocenters. The second-order valence-electron chi connectivity index (χ2n) is 5.27. The summed E-state index contributed by atoms with van der Waals surface area (Å²) in [6.45, 7) is 1.85. The van der Waals surface area contributed by atoms with Gasteiger partial charge < -0.3 is 14.4 Å². The number of hydrogen-bond donors (Lipinski definition) is 0. The molecular weight excluding hydrogens is 296 g/mol. The molecule has 1 aromatic heterocycles. The van der Waals surface area contributed by atoms with Gasteiger partial charge in [0.1, 0.15) is 0 Å². The van der Waals surface area contributed by atoms with Crippen LogP contribution in [0.4, 0.5) is 0 Å². The molecule has 0 saturated heterocycles. The van der Waals surface area contributed by atoms with E-state index in [1.54, 1.807) is 50.5 Å². The van der Waals surface area contributed by atoms with Gasteiger partial charge >= 0.3 is 0 Å². The number of aromatic nitrogens is 1. The van der Waals surface area contributed by atoms with Crippen molar-refractivity contribution in [2.45, 2.75) is 13.0 Å². The Morgan fingerprint density at radius 2 is 1.96 bits per heavy atom. The number of ketones is 1. The van der Waals surface area contributed by atoms with Crippen molar-refractivity contribution in [3.05, 3.63) is 53.9 Å². The number of fused-ring (bicyclic) bond motifs is 1. The predicted octanol–water partition coefficient (Wildman–Crippen LogP) is 2.15. The van der Waals surface area contributed by atoms with Gasteiger partial charge in [0.05, 0.1) is 11.6 Å². The second kappa shape index (κ2) is 6.08. The van der Waals surface area contributed by atoms with Gasteiger partial charge in [0.2, 0.25) is 6.79 Å². The van der Waals surface area contributed by atoms with Gasteiger partial charge in [-0.2, -0.15) is 0 Å². The summed E-state index contributed by atoms with van der Waals surface area (Å²) in [5, 5.41) is 0. The molecule has 1 aromatic carbocycles. The summed E-state index contributed by atoms with van der Waals surface area (Å²) in [5.41, 5.74) is 0.924. The van der Waals surface area contributed by atoms with Gasteiger partial charge in [-0.25, -0.2) is 0 Å². The van der Waals surface area contributed by atoms with Crippen LogP contribution in [0.15, 0.2) is 42.7 Å². The summed E-state index contributed by atoms with van der Waals surface area (Å²) in [5.74, 6) is 0.751. The summed E-state index contributed by atoms with van der Waals surface area (Å²) in [6, 6.07) is 7.77. The van der Waals surface area contributed by atoms with Crippen molar-refractivity contribution in [1.29, 1.82) is 0 Å². The molecule has 0 radical (unpaired) electrons. The fraction of sp³-hybridized carbons (Fsp3) is 0.235. The average molecular weight is 312 g/mol. The van der Waals surface area contributed by atoms with Gasteiger partial charge in [0.25, 0.3) is 5.91 Å². The number of carbonyl (C=O) groups is 2. The molecule has 0 fully saturated rings. The quantitative estimate of drug-likeness (QED) is 0.809. The lowest BCUT2D eigenvalue weighted by molar-refractivity contribution is 0.0674. The third-order valence-electron chi connectivity index (χ3n) is 3.85. The van der Waals surface area contributed by atoms with Crippen LogP contribution < -0.4 is 9.47 Å². The first-order valence-electron chi connectivity index (χ1n) is 7.19. The van der Waals surface area contributed by atoms with E-state index in [1.165, 1.54) is 11.1 Å². The molecule has 0 saturated carbocycles. The lowest BCUT2D eigenvalue weighted by Crippen LogP contribution is -2.40. The number of nitrogens with zero attached hydrogens (tertiary/aromatic N) is 2. The van der Waals surface area contributed by atoms with Crippen molar-refractivity contribution in [1.82, 2.24) is 9.88 Å². The van der Waals surface area contributed by atoms with Crippen LogP contribution in [0.5, 0.6) is 11.5 Å². The summed E-state index contributed by atoms with van der Waals surface area (Å²) >= 11 is 0. The molecule has 0 spiro atoms. The van der Waals surface area contributed by atoms with Gasteiger partial charge in [0.15, 0.2) is 17.3 Å². The zero-order chi connectivity index (χ0) is 16.4. The second-order valence-corrected chi connectivity index (χ2v) is 5.27. The smallest absolute Gasteiger partial charge is 0.255 e. The zero-order valence-corrected chi connectivity index (χ0v) is 12.9. The van der Waals surface area contributed by atoms with E-state index in [4.69, 9.17) is 9.47 Å². The number of benzene rings is 1. The third kappa shape index (κ3) is 2.88. The van der Waals surface area contributed by atoms with Gasteiger partial charge in [-0.3, -0.25) is 14.6 Å². The lowest BCUT2D eigenvalue weighted by atomic mass is 10.0. The highest BCUT2D eigenvalue weighted by Crippen LogP contribution is 2.33. The van der Waals surface area contributed by atoms with Crippen LogP contribution in [0, 0.1) is 0 Å². The first-order valence-corrected chi connectivity index (χ1v) is 7.19. The maximum atomic E-state index is 12.6. The molecule has 0 N–H and O–H groups in total. The van der Waals surface area contributed by atoms with Gasteiger partial charge in [-0.1, -0.05) is 0 Å². The number of Topliss-reactive ketones (excluding diaryl/α,β-unsaturated/α-hetero) is 1. The maximum Gasteiger partial charge on any atom is 0.255 e. The summed E-state index contributed by atoms with van der Waals surface area (Å²) in [4.78, 5) is 30.3. The molecule has 0 bridgehead atoms. The highest BCUT2D eigenvalue weighted by atomic mass is 16.7. The van der Waals surface area contributed by atoms with E-state index in [9.17, 15) is 9.59 Å². The highest BCUT2D eigenvalue weighted by Gasteiger charge is 2.26. The molecule has 2 heterocycles. The van der Waals surface area contributed by atoms with Crippen molar-refractivity contribution >= 4 is 11.7 Å². The van der Waals surface area contributed by atoms with Crippen LogP contribution in [0.3, 0.4) is 0 Å². The molecule has 1 aliphatic rings. The monoisotopic (exact) mass is 312 g/mol. The fourth-order valence-corrected chi connectivity index (χ4v) is 2.34. The zero-order valence-electron chi connectivity index (χ0n) is 12.9. The molecule has 118 valence electrons. The molecule has 0 aliphatic carbocycles. The summed E-state index contributed by atoms with van der Waals surface area (Å²) in [6.07, 6.45) is 3.08. The van der Waals surface area contributed by atoms with Crippen molar-refractivity contribution in [3.63, 3.8) is 0 Å². The SMILES string of the molecule is C[C@H](C(=O)c1ccc2c(c1)OCO2)N(C)C(=O)c1cccnc1. The molecule has 23 heavy (non-hydrogen) atoms. The molecule has 6 nitrogen and oxygen atoms in total. The Bertz CT molecular complexity index is 746. The Morgan fingerprint density at radius 1 is 1.17 bits per heavy atom. The Kier molecular flexibility index (Phi) is 3.97. The minimum absolute atomic E-state index is 0.155. The van der Waals surface area contributed by atoms with E-state index < -0.39 is 6.04 Å². The lowest BCUT2D eigenvalue weighted by Gasteiger charge is -2.24. The van der Waals surface area contributed by atoms with E-state index in [0.717, 1.165) is 0 Å².